The van der Waals surface area contributed by atoms with Gasteiger partial charge in [-0.25, -0.2) is 9.67 Å². The van der Waals surface area contributed by atoms with Gasteiger partial charge in [0.25, 0.3) is 0 Å². The number of likely N-dealkylation sites (N-methyl/N-ethyl adjacent to an activating group) is 2. The molecule has 0 radical (unpaired) electrons. The lowest BCUT2D eigenvalue weighted by atomic mass is 10.1. The Bertz CT molecular complexity index is 1510. The summed E-state index contributed by atoms with van der Waals surface area (Å²) in [5, 5.41) is 11.9. The average molecular weight is 527 g/mol. The maximum absolute atomic E-state index is 12.2. The third-order valence-electron chi connectivity index (χ3n) is 6.80. The summed E-state index contributed by atoms with van der Waals surface area (Å²) in [7, 11) is 7.62. The van der Waals surface area contributed by atoms with Crippen molar-refractivity contribution < 1.29 is 9.53 Å². The lowest BCUT2D eigenvalue weighted by Gasteiger charge is -2.26. The van der Waals surface area contributed by atoms with Crippen molar-refractivity contribution in [2.45, 2.75) is 18.8 Å². The summed E-state index contributed by atoms with van der Waals surface area (Å²) in [5.41, 5.74) is 4.40. The van der Waals surface area contributed by atoms with Crippen molar-refractivity contribution in [3.05, 3.63) is 67.0 Å². The van der Waals surface area contributed by atoms with Crippen LogP contribution in [0.1, 0.15) is 24.3 Å². The van der Waals surface area contributed by atoms with Crippen molar-refractivity contribution in [3.8, 4) is 11.6 Å². The van der Waals surface area contributed by atoms with Crippen molar-refractivity contribution in [1.29, 1.82) is 0 Å². The van der Waals surface area contributed by atoms with Crippen LogP contribution in [0.3, 0.4) is 0 Å². The number of hydrogen-bond donors (Lipinski definition) is 2. The minimum Gasteiger partial charge on any atom is -0.494 e. The van der Waals surface area contributed by atoms with Gasteiger partial charge in [0, 0.05) is 43.9 Å². The second kappa shape index (κ2) is 11.1. The minimum absolute atomic E-state index is 0.304. The molecule has 0 bridgehead atoms. The largest absolute Gasteiger partial charge is 0.494 e. The lowest BCUT2D eigenvalue weighted by Crippen LogP contribution is -2.29. The first kappa shape index (κ1) is 26.2. The highest BCUT2D eigenvalue weighted by atomic mass is 16.5. The third-order valence-corrected chi connectivity index (χ3v) is 6.80. The quantitative estimate of drug-likeness (QED) is 0.274. The molecule has 0 aliphatic heterocycles. The van der Waals surface area contributed by atoms with Gasteiger partial charge >= 0.3 is 0 Å². The van der Waals surface area contributed by atoms with E-state index in [4.69, 9.17) is 9.72 Å². The lowest BCUT2D eigenvalue weighted by molar-refractivity contribution is -0.111. The molecule has 202 valence electrons. The maximum Gasteiger partial charge on any atom is 0.247 e. The van der Waals surface area contributed by atoms with Crippen LogP contribution >= 0.6 is 0 Å². The van der Waals surface area contributed by atoms with Crippen LogP contribution in [-0.2, 0) is 4.79 Å². The second-order valence-corrected chi connectivity index (χ2v) is 10.0. The van der Waals surface area contributed by atoms with E-state index >= 15 is 0 Å². The Hall–Kier alpha value is -4.44. The molecule has 0 saturated heterocycles. The first-order chi connectivity index (χ1) is 18.9. The van der Waals surface area contributed by atoms with E-state index in [0.717, 1.165) is 29.7 Å². The summed E-state index contributed by atoms with van der Waals surface area (Å²) in [6.45, 7) is 5.19. The van der Waals surface area contributed by atoms with Gasteiger partial charge in [-0.05, 0) is 62.7 Å². The van der Waals surface area contributed by atoms with Crippen molar-refractivity contribution in [3.63, 3.8) is 0 Å². The van der Waals surface area contributed by atoms with Gasteiger partial charge in [-0.2, -0.15) is 10.1 Å². The number of ether oxygens (including phenoxy) is 1. The minimum atomic E-state index is -0.304. The number of benzene rings is 2. The molecule has 39 heavy (non-hydrogen) atoms. The number of carbonyl (C=O) groups is 1. The molecule has 10 nitrogen and oxygen atoms in total. The molecule has 0 unspecified atom stereocenters. The summed E-state index contributed by atoms with van der Waals surface area (Å²) in [6, 6.07) is 12.0. The fourth-order valence-corrected chi connectivity index (χ4v) is 4.46. The van der Waals surface area contributed by atoms with Gasteiger partial charge in [0.2, 0.25) is 11.9 Å². The molecule has 0 spiro atoms. The number of methoxy groups -OCH3 is 1. The summed E-state index contributed by atoms with van der Waals surface area (Å²) in [6.07, 6.45) is 7.33. The third kappa shape index (κ3) is 5.85. The number of anilines is 4. The molecular formula is C29H34N8O2. The molecule has 1 amide bonds. The predicted octanol–water partition coefficient (Wildman–Crippen LogP) is 4.57. The number of rotatable bonds is 11. The Morgan fingerprint density at radius 1 is 1.15 bits per heavy atom. The number of hydrogen-bond acceptors (Lipinski definition) is 8. The number of nitrogens with one attached hydrogen (secondary N) is 2. The molecule has 1 saturated carbocycles. The zero-order valence-corrected chi connectivity index (χ0v) is 22.8. The van der Waals surface area contributed by atoms with Gasteiger partial charge in [-0.15, -0.1) is 0 Å². The molecule has 1 aliphatic rings. The molecule has 5 rings (SSSR count). The first-order valence-corrected chi connectivity index (χ1v) is 13.0. The SMILES string of the molecule is C=CC(=O)Nc1cc(Nc2nccc(-n3ncc4cc(C5CC5)ccc43)n2)c(OC)cc1N(C)CCN(C)C. The van der Waals surface area contributed by atoms with Gasteiger partial charge in [-0.1, -0.05) is 12.6 Å². The standard InChI is InChI=1S/C29H34N8O2/c1-6-28(38)32-22-16-23(26(39-5)17-25(22)36(4)14-13-35(2)3)33-29-30-12-11-27(34-29)37-24-10-9-20(19-7-8-19)15-21(24)18-31-37/h6,9-12,15-19H,1,7-8,13-14H2,2-5H3,(H,32,38)(H,30,33,34). The Kier molecular flexibility index (Phi) is 7.47. The number of aromatic nitrogens is 4. The van der Waals surface area contributed by atoms with Gasteiger partial charge < -0.3 is 25.2 Å². The van der Waals surface area contributed by atoms with Crippen LogP contribution in [0.25, 0.3) is 16.7 Å². The van der Waals surface area contributed by atoms with Crippen LogP contribution in [0.5, 0.6) is 5.75 Å². The van der Waals surface area contributed by atoms with Crippen LogP contribution in [0, 0.1) is 0 Å². The Balaban J connectivity index is 1.46. The molecule has 1 aliphatic carbocycles. The molecule has 10 heteroatoms. The maximum atomic E-state index is 12.2. The van der Waals surface area contributed by atoms with E-state index in [9.17, 15) is 4.79 Å². The van der Waals surface area contributed by atoms with Crippen LogP contribution in [0.4, 0.5) is 23.0 Å². The van der Waals surface area contributed by atoms with E-state index in [1.165, 1.54) is 24.5 Å². The van der Waals surface area contributed by atoms with Gasteiger partial charge in [0.1, 0.15) is 5.75 Å². The van der Waals surface area contributed by atoms with Crippen LogP contribution in [-0.4, -0.2) is 71.9 Å². The number of carbonyl (C=O) groups excluding carboxylic acids is 1. The van der Waals surface area contributed by atoms with E-state index in [1.807, 2.05) is 50.2 Å². The molecule has 4 aromatic rings. The van der Waals surface area contributed by atoms with E-state index in [-0.39, 0.29) is 5.91 Å². The van der Waals surface area contributed by atoms with E-state index in [1.54, 1.807) is 13.3 Å². The Labute approximate surface area is 228 Å². The summed E-state index contributed by atoms with van der Waals surface area (Å²) in [4.78, 5) is 25.6. The van der Waals surface area contributed by atoms with Crippen molar-refractivity contribution in [2.24, 2.45) is 0 Å². The monoisotopic (exact) mass is 526 g/mol. The normalized spacial score (nSPS) is 12.9. The average Bonchev–Trinajstić information content (AvgIpc) is 3.70. The van der Waals surface area contributed by atoms with Gasteiger partial charge in [-0.3, -0.25) is 4.79 Å². The number of fused-ring (bicyclic) bond motifs is 1. The fraction of sp³-hybridized carbons (Fsp3) is 0.310. The zero-order chi connectivity index (χ0) is 27.5. The van der Waals surface area contributed by atoms with Crippen LogP contribution < -0.4 is 20.3 Å². The zero-order valence-electron chi connectivity index (χ0n) is 22.8. The second-order valence-electron chi connectivity index (χ2n) is 10.0. The Morgan fingerprint density at radius 3 is 2.69 bits per heavy atom. The van der Waals surface area contributed by atoms with Crippen molar-refractivity contribution >= 4 is 39.8 Å². The number of amides is 1. The van der Waals surface area contributed by atoms with Crippen LogP contribution in [0.15, 0.2) is 61.4 Å². The van der Waals surface area contributed by atoms with E-state index in [0.29, 0.717) is 34.8 Å². The smallest absolute Gasteiger partial charge is 0.247 e. The van der Waals surface area contributed by atoms with Crippen molar-refractivity contribution in [1.82, 2.24) is 24.6 Å². The molecular weight excluding hydrogens is 492 g/mol. The highest BCUT2D eigenvalue weighted by Crippen LogP contribution is 2.41. The predicted molar refractivity (Wildman–Crippen MR) is 156 cm³/mol. The highest BCUT2D eigenvalue weighted by molar-refractivity contribution is 6.02. The van der Waals surface area contributed by atoms with E-state index < -0.39 is 0 Å². The van der Waals surface area contributed by atoms with E-state index in [2.05, 4.69) is 55.3 Å². The van der Waals surface area contributed by atoms with Crippen molar-refractivity contribution in [2.75, 3.05) is 56.9 Å². The highest BCUT2D eigenvalue weighted by Gasteiger charge is 2.24. The molecule has 2 aromatic carbocycles. The van der Waals surface area contributed by atoms with Gasteiger partial charge in [0.15, 0.2) is 5.82 Å². The first-order valence-electron chi connectivity index (χ1n) is 13.0. The topological polar surface area (TPSA) is 100 Å². The Morgan fingerprint density at radius 2 is 1.97 bits per heavy atom. The molecule has 1 fully saturated rings. The molecule has 2 N–H and O–H groups in total. The fourth-order valence-electron chi connectivity index (χ4n) is 4.46. The summed E-state index contributed by atoms with van der Waals surface area (Å²) in [5.74, 6) is 1.98. The molecule has 2 heterocycles. The molecule has 0 atom stereocenters. The number of nitrogens with zero attached hydrogens (tertiary/aromatic N) is 6. The summed E-state index contributed by atoms with van der Waals surface area (Å²) < 4.78 is 7.52. The van der Waals surface area contributed by atoms with Crippen LogP contribution in [0.2, 0.25) is 0 Å². The van der Waals surface area contributed by atoms with Gasteiger partial charge in [0.05, 0.1) is 35.9 Å². The molecule has 2 aromatic heterocycles. The summed E-state index contributed by atoms with van der Waals surface area (Å²) >= 11 is 0.